The van der Waals surface area contributed by atoms with E-state index in [0.29, 0.717) is 79.2 Å². The van der Waals surface area contributed by atoms with Crippen molar-refractivity contribution >= 4 is 61.3 Å². The van der Waals surface area contributed by atoms with E-state index >= 15 is 0 Å². The number of rotatable bonds is 7. The number of phenolic OH excluding ortho intramolecular Hbond substituents is 1. The first-order valence-corrected chi connectivity index (χ1v) is 17.1. The van der Waals surface area contributed by atoms with Gasteiger partial charge in [-0.15, -0.1) is 0 Å². The third kappa shape index (κ3) is 7.25. The minimum Gasteiger partial charge on any atom is -0.506 e. The lowest BCUT2D eigenvalue weighted by molar-refractivity contribution is -0.133. The first-order valence-electron chi connectivity index (χ1n) is 15.5. The van der Waals surface area contributed by atoms with Gasteiger partial charge in [-0.1, -0.05) is 18.2 Å². The number of likely N-dealkylation sites (tertiary alicyclic amines) is 1. The number of piperidine rings is 1. The Morgan fingerprint density at radius 1 is 1.06 bits per heavy atom. The van der Waals surface area contributed by atoms with E-state index in [1.54, 1.807) is 35.2 Å². The van der Waals surface area contributed by atoms with Gasteiger partial charge in [0.2, 0.25) is 5.91 Å². The van der Waals surface area contributed by atoms with E-state index in [4.69, 9.17) is 4.74 Å². The van der Waals surface area contributed by atoms with E-state index in [0.717, 1.165) is 16.8 Å². The molecule has 6 rings (SSSR count). The highest BCUT2D eigenvalue weighted by Gasteiger charge is 2.35. The molecule has 3 aromatic rings. The Hall–Kier alpha value is -4.11. The lowest BCUT2D eigenvalue weighted by atomic mass is 10.0. The smallest absolute Gasteiger partial charge is 0.322 e. The summed E-state index contributed by atoms with van der Waals surface area (Å²) in [6.45, 7) is 3.40. The summed E-state index contributed by atoms with van der Waals surface area (Å²) in [6.07, 6.45) is 4.58. The summed E-state index contributed by atoms with van der Waals surface area (Å²) >= 11 is 6.75. The van der Waals surface area contributed by atoms with Gasteiger partial charge in [0.1, 0.15) is 18.1 Å². The third-order valence-corrected chi connectivity index (χ3v) is 10.1. The zero-order valence-electron chi connectivity index (χ0n) is 25.9. The van der Waals surface area contributed by atoms with Crippen molar-refractivity contribution in [3.05, 3.63) is 69.0 Å². The van der Waals surface area contributed by atoms with E-state index in [1.807, 2.05) is 29.2 Å². The molecule has 2 aromatic carbocycles. The topological polar surface area (TPSA) is 143 Å². The standard InChI is InChI=1S/C32H36Br2N8O5/c1-47-27-17-35-19-36-29(27)39-10-12-40(13-11-39)30(44)26(16-20-14-23(33)28(43)24(34)15-20)38-31(45)41-8-6-22(7-9-41)42-18-21-4-2-3-5-25(21)37-32(42)46/h2-5,14-15,17,19,22,26,43H,6-13,16,18H2,1H3,(H,37,46)(H,38,45)/t26-/m1/s1. The van der Waals surface area contributed by atoms with Crippen LogP contribution in [0.3, 0.4) is 0 Å². The molecule has 2 fully saturated rings. The monoisotopic (exact) mass is 770 g/mol. The van der Waals surface area contributed by atoms with Crippen molar-refractivity contribution in [1.29, 1.82) is 0 Å². The van der Waals surface area contributed by atoms with E-state index in [2.05, 4.69) is 57.4 Å². The zero-order chi connectivity index (χ0) is 33.1. The minimum absolute atomic E-state index is 0.00124. The molecule has 3 aliphatic rings. The van der Waals surface area contributed by atoms with Crippen LogP contribution in [0.5, 0.6) is 11.5 Å². The number of hydrogen-bond donors (Lipinski definition) is 3. The molecule has 15 heteroatoms. The highest BCUT2D eigenvalue weighted by Crippen LogP contribution is 2.34. The van der Waals surface area contributed by atoms with Crippen LogP contribution in [0.25, 0.3) is 0 Å². The SMILES string of the molecule is COc1cncnc1N1CCN(C(=O)[C@@H](Cc2cc(Br)c(O)c(Br)c2)NC(=O)N2CCC(N3Cc4ccccc4NC3=O)CC2)CC1. The van der Waals surface area contributed by atoms with Crippen LogP contribution in [0.15, 0.2) is 57.9 Å². The molecule has 0 bridgehead atoms. The number of urea groups is 2. The molecule has 13 nitrogen and oxygen atoms in total. The number of hydrogen-bond acceptors (Lipinski definition) is 8. The van der Waals surface area contributed by atoms with E-state index in [-0.39, 0.29) is 36.2 Å². The number of aromatic hydroxyl groups is 1. The molecule has 0 unspecified atom stereocenters. The number of ether oxygens (including phenoxy) is 1. The number of carbonyl (C=O) groups excluding carboxylic acids is 3. The van der Waals surface area contributed by atoms with E-state index in [9.17, 15) is 19.5 Å². The second-order valence-electron chi connectivity index (χ2n) is 11.8. The van der Waals surface area contributed by atoms with Gasteiger partial charge in [0.15, 0.2) is 11.6 Å². The molecule has 0 saturated carbocycles. The van der Waals surface area contributed by atoms with Gasteiger partial charge in [-0.3, -0.25) is 4.79 Å². The fraction of sp³-hybridized carbons (Fsp3) is 0.406. The van der Waals surface area contributed by atoms with Crippen molar-refractivity contribution in [2.24, 2.45) is 0 Å². The molecule has 248 valence electrons. The van der Waals surface area contributed by atoms with Crippen LogP contribution in [0, 0.1) is 0 Å². The first-order chi connectivity index (χ1) is 22.7. The number of nitrogens with zero attached hydrogens (tertiary/aromatic N) is 6. The molecule has 0 radical (unpaired) electrons. The Morgan fingerprint density at radius 3 is 2.47 bits per heavy atom. The maximum Gasteiger partial charge on any atom is 0.322 e. The van der Waals surface area contributed by atoms with Crippen molar-refractivity contribution in [3.8, 4) is 11.5 Å². The van der Waals surface area contributed by atoms with Crippen LogP contribution < -0.4 is 20.3 Å². The Balaban J connectivity index is 1.11. The van der Waals surface area contributed by atoms with Gasteiger partial charge in [-0.25, -0.2) is 19.6 Å². The summed E-state index contributed by atoms with van der Waals surface area (Å²) in [5.74, 6) is 1.11. The summed E-state index contributed by atoms with van der Waals surface area (Å²) in [5.41, 5.74) is 2.67. The Kier molecular flexibility index (Phi) is 10.0. The van der Waals surface area contributed by atoms with Gasteiger partial charge < -0.3 is 40.1 Å². The second-order valence-corrected chi connectivity index (χ2v) is 13.5. The van der Waals surface area contributed by atoms with Crippen molar-refractivity contribution < 1.29 is 24.2 Å². The summed E-state index contributed by atoms with van der Waals surface area (Å²) in [7, 11) is 1.57. The Bertz CT molecular complexity index is 1620. The maximum absolute atomic E-state index is 14.0. The summed E-state index contributed by atoms with van der Waals surface area (Å²) in [5, 5.41) is 16.2. The van der Waals surface area contributed by atoms with E-state index in [1.165, 1.54) is 6.33 Å². The average molecular weight is 772 g/mol. The Morgan fingerprint density at radius 2 is 1.77 bits per heavy atom. The van der Waals surface area contributed by atoms with Gasteiger partial charge >= 0.3 is 12.1 Å². The number of carbonyl (C=O) groups is 3. The number of nitrogens with one attached hydrogen (secondary N) is 2. The molecule has 47 heavy (non-hydrogen) atoms. The number of benzene rings is 2. The summed E-state index contributed by atoms with van der Waals surface area (Å²) in [6, 6.07) is 10.00. The largest absolute Gasteiger partial charge is 0.506 e. The fourth-order valence-corrected chi connectivity index (χ4v) is 7.64. The van der Waals surface area contributed by atoms with Crippen LogP contribution in [-0.2, 0) is 17.8 Å². The number of para-hydroxylation sites is 1. The first kappa shape index (κ1) is 32.8. The molecular weight excluding hydrogens is 736 g/mol. The molecule has 1 atom stereocenters. The molecule has 4 heterocycles. The van der Waals surface area contributed by atoms with Crippen molar-refractivity contribution in [2.75, 3.05) is 56.6 Å². The predicted octanol–water partition coefficient (Wildman–Crippen LogP) is 4.20. The molecule has 3 aliphatic heterocycles. The molecule has 1 aromatic heterocycles. The van der Waals surface area contributed by atoms with Gasteiger partial charge in [-0.2, -0.15) is 0 Å². The lowest BCUT2D eigenvalue weighted by Crippen LogP contribution is -2.58. The van der Waals surface area contributed by atoms with Gasteiger partial charge in [-0.05, 0) is 74.0 Å². The number of phenols is 1. The number of amides is 5. The molecule has 5 amide bonds. The van der Waals surface area contributed by atoms with E-state index < -0.39 is 6.04 Å². The number of anilines is 2. The quantitative estimate of drug-likeness (QED) is 0.325. The van der Waals surface area contributed by atoms with Crippen LogP contribution in [-0.4, -0.2) is 106 Å². The van der Waals surface area contributed by atoms with Crippen LogP contribution in [0.2, 0.25) is 0 Å². The van der Waals surface area contributed by atoms with Crippen molar-refractivity contribution in [3.63, 3.8) is 0 Å². The predicted molar refractivity (Wildman–Crippen MR) is 183 cm³/mol. The van der Waals surface area contributed by atoms with Crippen LogP contribution in [0.1, 0.15) is 24.0 Å². The summed E-state index contributed by atoms with van der Waals surface area (Å²) in [4.78, 5) is 56.3. The Labute approximate surface area is 289 Å². The second kappa shape index (κ2) is 14.3. The van der Waals surface area contributed by atoms with Crippen LogP contribution >= 0.6 is 31.9 Å². The van der Waals surface area contributed by atoms with Gasteiger partial charge in [0.05, 0.1) is 22.3 Å². The number of fused-ring (bicyclic) bond motifs is 1. The van der Waals surface area contributed by atoms with Crippen molar-refractivity contribution in [1.82, 2.24) is 30.0 Å². The van der Waals surface area contributed by atoms with Crippen LogP contribution in [0.4, 0.5) is 21.1 Å². The van der Waals surface area contributed by atoms with Gasteiger partial charge in [0.25, 0.3) is 0 Å². The molecule has 2 saturated heterocycles. The molecule has 3 N–H and O–H groups in total. The molecular formula is C32H36Br2N8O5. The maximum atomic E-state index is 14.0. The number of piperazine rings is 1. The zero-order valence-corrected chi connectivity index (χ0v) is 29.0. The number of aromatic nitrogens is 2. The fourth-order valence-electron chi connectivity index (χ4n) is 6.36. The molecule has 0 aliphatic carbocycles. The highest BCUT2D eigenvalue weighted by molar-refractivity contribution is 9.11. The molecule has 0 spiro atoms. The minimum atomic E-state index is -0.840. The van der Waals surface area contributed by atoms with Gasteiger partial charge in [0, 0.05) is 64.0 Å². The number of halogens is 2. The normalized spacial score (nSPS) is 17.6. The lowest BCUT2D eigenvalue weighted by Gasteiger charge is -2.41. The average Bonchev–Trinajstić information content (AvgIpc) is 3.09. The summed E-state index contributed by atoms with van der Waals surface area (Å²) < 4.78 is 6.39. The number of methoxy groups -OCH3 is 1. The van der Waals surface area contributed by atoms with Crippen molar-refractivity contribution in [2.45, 2.75) is 37.9 Å². The highest BCUT2D eigenvalue weighted by atomic mass is 79.9. The third-order valence-electron chi connectivity index (χ3n) is 8.93.